The van der Waals surface area contributed by atoms with E-state index in [1.165, 1.54) is 5.56 Å². The number of benzene rings is 2. The summed E-state index contributed by atoms with van der Waals surface area (Å²) in [4.78, 5) is 11.5. The van der Waals surface area contributed by atoms with Gasteiger partial charge in [0.1, 0.15) is 6.29 Å². The van der Waals surface area contributed by atoms with E-state index < -0.39 is 0 Å². The van der Waals surface area contributed by atoms with Crippen LogP contribution in [0, 0.1) is 0 Å². The summed E-state index contributed by atoms with van der Waals surface area (Å²) in [6.07, 6.45) is 3.77. The zero-order valence-corrected chi connectivity index (χ0v) is 13.3. The Kier molecular flexibility index (Phi) is 4.46. The highest BCUT2D eigenvalue weighted by atomic mass is 32.2. The maximum Gasteiger partial charge on any atom is 0.150 e. The van der Waals surface area contributed by atoms with Crippen molar-refractivity contribution in [3.8, 4) is 0 Å². The van der Waals surface area contributed by atoms with Gasteiger partial charge in [0, 0.05) is 12.7 Å². The number of hydrogen-bond acceptors (Lipinski definition) is 3. The van der Waals surface area contributed by atoms with Crippen LogP contribution in [0.5, 0.6) is 0 Å². The second-order valence-corrected chi connectivity index (χ2v) is 6.60. The van der Waals surface area contributed by atoms with Crippen molar-refractivity contribution in [2.45, 2.75) is 17.3 Å². The summed E-state index contributed by atoms with van der Waals surface area (Å²) in [7, 11) is 1.73. The standard InChI is InChI=1S/C19H18O2S/c1-21-18-11-12-22-19(18,13-15-7-3-2-4-8-15)17-10-6-5-9-16(17)14-20/h2-12,14,18H,13H2,1H3. The normalized spacial score (nSPS) is 23.6. The predicted octanol–water partition coefficient (Wildman–Crippen LogP) is 4.21. The number of thioether (sulfide) groups is 1. The zero-order chi connectivity index (χ0) is 15.4. The maximum absolute atomic E-state index is 11.5. The summed E-state index contributed by atoms with van der Waals surface area (Å²) in [6.45, 7) is 0. The Morgan fingerprint density at radius 2 is 1.86 bits per heavy atom. The van der Waals surface area contributed by atoms with E-state index in [0.717, 1.165) is 23.8 Å². The number of ether oxygens (including phenoxy) is 1. The third-order valence-corrected chi connectivity index (χ3v) is 5.41. The molecule has 2 nitrogen and oxygen atoms in total. The molecule has 0 N–H and O–H groups in total. The second-order valence-electron chi connectivity index (χ2n) is 5.36. The van der Waals surface area contributed by atoms with Crippen LogP contribution in [0.1, 0.15) is 21.5 Å². The molecule has 0 saturated heterocycles. The van der Waals surface area contributed by atoms with Gasteiger partial charge >= 0.3 is 0 Å². The molecule has 0 fully saturated rings. The summed E-state index contributed by atoms with van der Waals surface area (Å²) in [5, 5.41) is 2.08. The maximum atomic E-state index is 11.5. The van der Waals surface area contributed by atoms with Crippen LogP contribution >= 0.6 is 11.8 Å². The molecule has 22 heavy (non-hydrogen) atoms. The summed E-state index contributed by atoms with van der Waals surface area (Å²) >= 11 is 1.74. The van der Waals surface area contributed by atoms with Crippen LogP contribution in [0.25, 0.3) is 0 Å². The summed E-state index contributed by atoms with van der Waals surface area (Å²) < 4.78 is 5.43. The van der Waals surface area contributed by atoms with E-state index in [9.17, 15) is 4.79 Å². The lowest BCUT2D eigenvalue weighted by molar-refractivity contribution is 0.105. The molecule has 2 atom stereocenters. The Morgan fingerprint density at radius 1 is 1.14 bits per heavy atom. The van der Waals surface area contributed by atoms with Crippen molar-refractivity contribution in [3.63, 3.8) is 0 Å². The Hall–Kier alpha value is -1.84. The average Bonchev–Trinajstić information content (AvgIpc) is 2.99. The van der Waals surface area contributed by atoms with Gasteiger partial charge in [-0.3, -0.25) is 4.79 Å². The van der Waals surface area contributed by atoms with Gasteiger partial charge in [-0.2, -0.15) is 0 Å². The van der Waals surface area contributed by atoms with Crippen molar-refractivity contribution < 1.29 is 9.53 Å². The molecule has 112 valence electrons. The minimum absolute atomic E-state index is 0.0567. The minimum Gasteiger partial charge on any atom is -0.376 e. The van der Waals surface area contributed by atoms with Crippen LogP contribution in [-0.2, 0) is 15.9 Å². The van der Waals surface area contributed by atoms with Crippen molar-refractivity contribution in [3.05, 3.63) is 82.8 Å². The average molecular weight is 310 g/mol. The Morgan fingerprint density at radius 3 is 2.59 bits per heavy atom. The molecule has 0 amide bonds. The molecule has 0 spiro atoms. The first-order valence-electron chi connectivity index (χ1n) is 7.26. The lowest BCUT2D eigenvalue weighted by Gasteiger charge is -2.35. The van der Waals surface area contributed by atoms with Gasteiger partial charge in [0.25, 0.3) is 0 Å². The molecular formula is C19H18O2S. The molecule has 0 aliphatic carbocycles. The highest BCUT2D eigenvalue weighted by Crippen LogP contribution is 2.49. The Labute approximate surface area is 135 Å². The quantitative estimate of drug-likeness (QED) is 0.774. The van der Waals surface area contributed by atoms with Crippen molar-refractivity contribution in [2.75, 3.05) is 7.11 Å². The summed E-state index contributed by atoms with van der Waals surface area (Å²) in [6, 6.07) is 18.2. The first-order valence-corrected chi connectivity index (χ1v) is 8.14. The monoisotopic (exact) mass is 310 g/mol. The van der Waals surface area contributed by atoms with Gasteiger partial charge in [0.05, 0.1) is 10.9 Å². The van der Waals surface area contributed by atoms with Crippen LogP contribution in [0.2, 0.25) is 0 Å². The van der Waals surface area contributed by atoms with E-state index in [2.05, 4.69) is 23.6 Å². The molecule has 2 aromatic carbocycles. The van der Waals surface area contributed by atoms with E-state index in [-0.39, 0.29) is 10.9 Å². The molecule has 0 bridgehead atoms. The number of rotatable bonds is 5. The fraction of sp³-hybridized carbons (Fsp3) is 0.211. The zero-order valence-electron chi connectivity index (χ0n) is 12.4. The van der Waals surface area contributed by atoms with Gasteiger partial charge in [-0.05, 0) is 29.0 Å². The molecule has 0 saturated carbocycles. The largest absolute Gasteiger partial charge is 0.376 e. The molecule has 0 aromatic heterocycles. The Balaban J connectivity index is 2.10. The first-order chi connectivity index (χ1) is 10.8. The highest BCUT2D eigenvalue weighted by Gasteiger charge is 2.44. The number of aldehydes is 1. The Bertz CT molecular complexity index is 681. The smallest absolute Gasteiger partial charge is 0.150 e. The van der Waals surface area contributed by atoms with Crippen molar-refractivity contribution >= 4 is 18.0 Å². The van der Waals surface area contributed by atoms with E-state index in [4.69, 9.17) is 4.74 Å². The third-order valence-electron chi connectivity index (χ3n) is 4.10. The summed E-state index contributed by atoms with van der Waals surface area (Å²) in [5.74, 6) is 0. The molecule has 1 aliphatic rings. The topological polar surface area (TPSA) is 26.3 Å². The molecule has 3 rings (SSSR count). The molecule has 0 radical (unpaired) electrons. The van der Waals surface area contributed by atoms with Crippen LogP contribution < -0.4 is 0 Å². The van der Waals surface area contributed by atoms with Gasteiger partial charge < -0.3 is 4.74 Å². The van der Waals surface area contributed by atoms with Crippen molar-refractivity contribution in [1.29, 1.82) is 0 Å². The lowest BCUT2D eigenvalue weighted by atomic mass is 9.84. The van der Waals surface area contributed by atoms with E-state index in [1.807, 2.05) is 42.5 Å². The fourth-order valence-corrected chi connectivity index (χ4v) is 4.40. The number of methoxy groups -OCH3 is 1. The number of carbonyl (C=O) groups excluding carboxylic acids is 1. The summed E-state index contributed by atoms with van der Waals surface area (Å²) in [5.41, 5.74) is 3.01. The van der Waals surface area contributed by atoms with Crippen LogP contribution in [0.4, 0.5) is 0 Å². The third kappa shape index (κ3) is 2.62. The molecular weight excluding hydrogens is 292 g/mol. The number of hydrogen-bond donors (Lipinski definition) is 0. The molecule has 1 aliphatic heterocycles. The van der Waals surface area contributed by atoms with Gasteiger partial charge in [0.2, 0.25) is 0 Å². The first kappa shape index (κ1) is 15.1. The van der Waals surface area contributed by atoms with Gasteiger partial charge in [0.15, 0.2) is 0 Å². The SMILES string of the molecule is COC1C=CSC1(Cc1ccccc1)c1ccccc1C=O. The molecule has 1 heterocycles. The van der Waals surface area contributed by atoms with Crippen LogP contribution in [-0.4, -0.2) is 19.5 Å². The van der Waals surface area contributed by atoms with Gasteiger partial charge in [-0.15, -0.1) is 11.8 Å². The molecule has 2 unspecified atom stereocenters. The number of carbonyl (C=O) groups is 1. The van der Waals surface area contributed by atoms with Crippen LogP contribution in [0.15, 0.2) is 66.1 Å². The minimum atomic E-state index is -0.298. The van der Waals surface area contributed by atoms with Crippen LogP contribution in [0.3, 0.4) is 0 Å². The van der Waals surface area contributed by atoms with E-state index in [0.29, 0.717) is 0 Å². The van der Waals surface area contributed by atoms with Gasteiger partial charge in [-0.25, -0.2) is 0 Å². The van der Waals surface area contributed by atoms with E-state index in [1.54, 1.807) is 18.9 Å². The van der Waals surface area contributed by atoms with Crippen molar-refractivity contribution in [2.24, 2.45) is 0 Å². The van der Waals surface area contributed by atoms with Gasteiger partial charge in [-0.1, -0.05) is 54.6 Å². The van der Waals surface area contributed by atoms with Crippen molar-refractivity contribution in [1.82, 2.24) is 0 Å². The predicted molar refractivity (Wildman–Crippen MR) is 91.2 cm³/mol. The molecule has 2 aromatic rings. The highest BCUT2D eigenvalue weighted by molar-refractivity contribution is 8.03. The van der Waals surface area contributed by atoms with E-state index >= 15 is 0 Å². The second kappa shape index (κ2) is 6.51. The lowest BCUT2D eigenvalue weighted by Crippen LogP contribution is -2.37. The fourth-order valence-electron chi connectivity index (χ4n) is 3.06. The molecule has 3 heteroatoms.